The Morgan fingerprint density at radius 2 is 1.89 bits per heavy atom. The summed E-state index contributed by atoms with van der Waals surface area (Å²) in [5.74, 6) is 0.552. The van der Waals surface area contributed by atoms with E-state index in [9.17, 15) is 4.79 Å². The summed E-state index contributed by atoms with van der Waals surface area (Å²) in [6.45, 7) is 5.22. The van der Waals surface area contributed by atoms with Crippen molar-refractivity contribution in [1.29, 1.82) is 0 Å². The van der Waals surface area contributed by atoms with Gasteiger partial charge in [-0.25, -0.2) is 0 Å². The van der Waals surface area contributed by atoms with E-state index in [1.54, 1.807) is 0 Å². The number of hydrogen-bond donors (Lipinski definition) is 1. The van der Waals surface area contributed by atoms with Crippen LogP contribution in [0, 0.1) is 5.92 Å². The van der Waals surface area contributed by atoms with E-state index in [2.05, 4.69) is 18.7 Å². The minimum atomic E-state index is 0.183. The number of carbonyl (C=O) groups excluding carboxylic acids is 1. The first kappa shape index (κ1) is 15.5. The SMILES string of the molecule is CCCC(CCC)C(=O)N(CCCO)C1CCC1. The Bertz CT molecular complexity index is 233. The van der Waals surface area contributed by atoms with Gasteiger partial charge in [0, 0.05) is 25.1 Å². The van der Waals surface area contributed by atoms with Crippen molar-refractivity contribution >= 4 is 5.91 Å². The van der Waals surface area contributed by atoms with Crippen LogP contribution < -0.4 is 0 Å². The summed E-state index contributed by atoms with van der Waals surface area (Å²) in [7, 11) is 0. The molecular formula is C15H29NO2. The average molecular weight is 255 g/mol. The molecule has 3 nitrogen and oxygen atoms in total. The van der Waals surface area contributed by atoms with E-state index >= 15 is 0 Å². The number of hydrogen-bond acceptors (Lipinski definition) is 2. The predicted molar refractivity (Wildman–Crippen MR) is 74.4 cm³/mol. The Hall–Kier alpha value is -0.570. The molecular weight excluding hydrogens is 226 g/mol. The van der Waals surface area contributed by atoms with E-state index in [-0.39, 0.29) is 12.5 Å². The smallest absolute Gasteiger partial charge is 0.225 e. The van der Waals surface area contributed by atoms with Crippen molar-refractivity contribution in [2.24, 2.45) is 5.92 Å². The zero-order valence-corrected chi connectivity index (χ0v) is 12.0. The highest BCUT2D eigenvalue weighted by atomic mass is 16.3. The summed E-state index contributed by atoms with van der Waals surface area (Å²) < 4.78 is 0. The fourth-order valence-electron chi connectivity index (χ4n) is 2.73. The second kappa shape index (κ2) is 8.52. The van der Waals surface area contributed by atoms with E-state index in [0.717, 1.165) is 45.1 Å². The van der Waals surface area contributed by atoms with E-state index in [1.165, 1.54) is 6.42 Å². The van der Waals surface area contributed by atoms with Crippen LogP contribution in [0.25, 0.3) is 0 Å². The number of nitrogens with zero attached hydrogens (tertiary/aromatic N) is 1. The molecule has 0 aliphatic heterocycles. The Balaban J connectivity index is 2.59. The third-order valence-electron chi connectivity index (χ3n) is 3.98. The lowest BCUT2D eigenvalue weighted by molar-refractivity contribution is -0.140. The van der Waals surface area contributed by atoms with Crippen LogP contribution in [0.15, 0.2) is 0 Å². The van der Waals surface area contributed by atoms with E-state index in [0.29, 0.717) is 18.4 Å². The van der Waals surface area contributed by atoms with Gasteiger partial charge < -0.3 is 10.0 Å². The molecule has 0 unspecified atom stereocenters. The molecule has 1 amide bonds. The van der Waals surface area contributed by atoms with Crippen molar-refractivity contribution in [3.05, 3.63) is 0 Å². The van der Waals surface area contributed by atoms with Gasteiger partial charge in [-0.2, -0.15) is 0 Å². The molecule has 0 atom stereocenters. The molecule has 1 N–H and O–H groups in total. The second-order valence-corrected chi connectivity index (χ2v) is 5.47. The minimum absolute atomic E-state index is 0.183. The molecule has 0 bridgehead atoms. The molecule has 18 heavy (non-hydrogen) atoms. The summed E-state index contributed by atoms with van der Waals surface area (Å²) >= 11 is 0. The number of aliphatic hydroxyl groups is 1. The molecule has 106 valence electrons. The number of carbonyl (C=O) groups is 1. The van der Waals surface area contributed by atoms with Gasteiger partial charge in [0.2, 0.25) is 5.91 Å². The maximum atomic E-state index is 12.6. The van der Waals surface area contributed by atoms with Crippen molar-refractivity contribution in [2.45, 2.75) is 71.3 Å². The Morgan fingerprint density at radius 3 is 2.28 bits per heavy atom. The van der Waals surface area contributed by atoms with Crippen LogP contribution in [0.4, 0.5) is 0 Å². The summed E-state index contributed by atoms with van der Waals surface area (Å²) in [6, 6.07) is 0.459. The molecule has 1 rings (SSSR count). The van der Waals surface area contributed by atoms with Gasteiger partial charge in [0.05, 0.1) is 0 Å². The lowest BCUT2D eigenvalue weighted by Gasteiger charge is -2.39. The fraction of sp³-hybridized carbons (Fsp3) is 0.933. The van der Waals surface area contributed by atoms with Crippen LogP contribution >= 0.6 is 0 Å². The predicted octanol–water partition coefficient (Wildman–Crippen LogP) is 2.97. The van der Waals surface area contributed by atoms with Crippen molar-refractivity contribution in [3.63, 3.8) is 0 Å². The lowest BCUT2D eigenvalue weighted by atomic mass is 9.88. The monoisotopic (exact) mass is 255 g/mol. The second-order valence-electron chi connectivity index (χ2n) is 5.47. The maximum Gasteiger partial charge on any atom is 0.225 e. The zero-order chi connectivity index (χ0) is 13.4. The number of aliphatic hydroxyl groups excluding tert-OH is 1. The Morgan fingerprint density at radius 1 is 1.28 bits per heavy atom. The van der Waals surface area contributed by atoms with Crippen molar-refractivity contribution in [1.82, 2.24) is 4.90 Å². The molecule has 1 aliphatic carbocycles. The van der Waals surface area contributed by atoms with Gasteiger partial charge in [0.25, 0.3) is 0 Å². The maximum absolute atomic E-state index is 12.6. The highest BCUT2D eigenvalue weighted by Crippen LogP contribution is 2.28. The molecule has 1 saturated carbocycles. The standard InChI is InChI=1S/C15H29NO2/c1-3-7-13(8-4-2)15(18)16(11-6-12-17)14-9-5-10-14/h13-14,17H,3-12H2,1-2H3. The summed E-state index contributed by atoms with van der Waals surface area (Å²) in [6.07, 6.45) is 8.45. The molecule has 0 radical (unpaired) electrons. The summed E-state index contributed by atoms with van der Waals surface area (Å²) in [5.41, 5.74) is 0. The van der Waals surface area contributed by atoms with Crippen LogP contribution in [0.5, 0.6) is 0 Å². The fourth-order valence-corrected chi connectivity index (χ4v) is 2.73. The topological polar surface area (TPSA) is 40.5 Å². The van der Waals surface area contributed by atoms with Crippen LogP contribution in [-0.2, 0) is 4.79 Å². The molecule has 0 saturated heterocycles. The third kappa shape index (κ3) is 4.27. The molecule has 0 spiro atoms. The van der Waals surface area contributed by atoms with E-state index in [1.807, 2.05) is 0 Å². The normalized spacial score (nSPS) is 15.8. The Kier molecular flexibility index (Phi) is 7.33. The van der Waals surface area contributed by atoms with Gasteiger partial charge in [-0.15, -0.1) is 0 Å². The quantitative estimate of drug-likeness (QED) is 0.688. The minimum Gasteiger partial charge on any atom is -0.396 e. The van der Waals surface area contributed by atoms with Gasteiger partial charge >= 0.3 is 0 Å². The van der Waals surface area contributed by atoms with Crippen LogP contribution in [0.1, 0.15) is 65.2 Å². The molecule has 1 aliphatic rings. The van der Waals surface area contributed by atoms with Gasteiger partial charge in [0.1, 0.15) is 0 Å². The lowest BCUT2D eigenvalue weighted by Crippen LogP contribution is -2.47. The molecule has 3 heteroatoms. The van der Waals surface area contributed by atoms with Gasteiger partial charge in [-0.05, 0) is 38.5 Å². The highest BCUT2D eigenvalue weighted by Gasteiger charge is 2.31. The van der Waals surface area contributed by atoms with Crippen LogP contribution in [0.2, 0.25) is 0 Å². The van der Waals surface area contributed by atoms with Crippen LogP contribution in [-0.4, -0.2) is 35.1 Å². The van der Waals surface area contributed by atoms with Crippen LogP contribution in [0.3, 0.4) is 0 Å². The van der Waals surface area contributed by atoms with E-state index in [4.69, 9.17) is 5.11 Å². The third-order valence-corrected chi connectivity index (χ3v) is 3.98. The van der Waals surface area contributed by atoms with Crippen molar-refractivity contribution in [3.8, 4) is 0 Å². The average Bonchev–Trinajstić information content (AvgIpc) is 2.31. The zero-order valence-electron chi connectivity index (χ0n) is 12.0. The largest absolute Gasteiger partial charge is 0.396 e. The molecule has 0 aromatic rings. The summed E-state index contributed by atoms with van der Waals surface area (Å²) in [4.78, 5) is 14.7. The summed E-state index contributed by atoms with van der Waals surface area (Å²) in [5, 5.41) is 8.98. The van der Waals surface area contributed by atoms with E-state index < -0.39 is 0 Å². The molecule has 0 aromatic heterocycles. The number of rotatable bonds is 9. The first-order chi connectivity index (χ1) is 8.74. The first-order valence-corrected chi connectivity index (χ1v) is 7.65. The van der Waals surface area contributed by atoms with Gasteiger partial charge in [-0.1, -0.05) is 26.7 Å². The number of amides is 1. The van der Waals surface area contributed by atoms with Crippen molar-refractivity contribution < 1.29 is 9.90 Å². The van der Waals surface area contributed by atoms with Gasteiger partial charge in [-0.3, -0.25) is 4.79 Å². The Labute approximate surface area is 112 Å². The molecule has 1 fully saturated rings. The van der Waals surface area contributed by atoms with Gasteiger partial charge in [0.15, 0.2) is 0 Å². The van der Waals surface area contributed by atoms with Crippen molar-refractivity contribution in [2.75, 3.05) is 13.2 Å². The first-order valence-electron chi connectivity index (χ1n) is 7.65. The highest BCUT2D eigenvalue weighted by molar-refractivity contribution is 5.79. The molecule has 0 heterocycles. The molecule has 0 aromatic carbocycles.